The van der Waals surface area contributed by atoms with Gasteiger partial charge in [0.25, 0.3) is 0 Å². The molecule has 6 nitrogen and oxygen atoms in total. The highest BCUT2D eigenvalue weighted by atomic mass is 32.2. The van der Waals surface area contributed by atoms with Crippen LogP contribution in [0.3, 0.4) is 0 Å². The molecule has 1 aliphatic carbocycles. The van der Waals surface area contributed by atoms with Crippen LogP contribution in [0.1, 0.15) is 32.1 Å². The normalized spacial score (nSPS) is 30.2. The highest BCUT2D eigenvalue weighted by Gasteiger charge is 2.38. The van der Waals surface area contributed by atoms with E-state index in [2.05, 4.69) is 10.6 Å². The van der Waals surface area contributed by atoms with Crippen molar-refractivity contribution in [1.29, 1.82) is 0 Å². The lowest BCUT2D eigenvalue weighted by Gasteiger charge is -2.24. The largest absolute Gasteiger partial charge is 0.354 e. The molecule has 0 radical (unpaired) electrons. The van der Waals surface area contributed by atoms with Crippen LogP contribution < -0.4 is 10.6 Å². The second kappa shape index (κ2) is 6.41. The van der Waals surface area contributed by atoms with Crippen molar-refractivity contribution >= 4 is 15.9 Å². The summed E-state index contributed by atoms with van der Waals surface area (Å²) in [6.07, 6.45) is 5.75. The molecule has 20 heavy (non-hydrogen) atoms. The van der Waals surface area contributed by atoms with Gasteiger partial charge in [-0.05, 0) is 25.2 Å². The van der Waals surface area contributed by atoms with Gasteiger partial charge in [-0.25, -0.2) is 12.7 Å². The molecule has 116 valence electrons. The quantitative estimate of drug-likeness (QED) is 0.744. The van der Waals surface area contributed by atoms with E-state index in [0.29, 0.717) is 12.0 Å². The van der Waals surface area contributed by atoms with Gasteiger partial charge in [0.1, 0.15) is 0 Å². The van der Waals surface area contributed by atoms with E-state index in [0.717, 1.165) is 12.8 Å². The first-order valence-electron chi connectivity index (χ1n) is 7.34. The molecule has 3 unspecified atom stereocenters. The van der Waals surface area contributed by atoms with Crippen LogP contribution in [0.25, 0.3) is 0 Å². The number of rotatable bonds is 5. The molecule has 0 aromatic carbocycles. The van der Waals surface area contributed by atoms with E-state index in [1.807, 2.05) is 0 Å². The summed E-state index contributed by atoms with van der Waals surface area (Å²) in [7, 11) is -0.239. The highest BCUT2D eigenvalue weighted by molar-refractivity contribution is 7.89. The average Bonchev–Trinajstić information content (AvgIpc) is 2.82. The fourth-order valence-corrected chi connectivity index (χ4v) is 3.86. The first-order chi connectivity index (χ1) is 9.40. The molecule has 0 aromatic heterocycles. The van der Waals surface area contributed by atoms with Crippen molar-refractivity contribution in [2.75, 3.05) is 26.4 Å². The zero-order chi connectivity index (χ0) is 14.8. The molecule has 0 spiro atoms. The maximum absolute atomic E-state index is 12.1. The van der Waals surface area contributed by atoms with Gasteiger partial charge in [0, 0.05) is 26.7 Å². The third kappa shape index (κ3) is 3.71. The second-order valence-electron chi connectivity index (χ2n) is 6.00. The van der Waals surface area contributed by atoms with Gasteiger partial charge < -0.3 is 10.6 Å². The van der Waals surface area contributed by atoms with Crippen molar-refractivity contribution in [3.63, 3.8) is 0 Å². The Morgan fingerprint density at radius 3 is 2.65 bits per heavy atom. The van der Waals surface area contributed by atoms with Crippen LogP contribution in [0, 0.1) is 5.92 Å². The predicted molar refractivity (Wildman–Crippen MR) is 77.8 cm³/mol. The summed E-state index contributed by atoms with van der Waals surface area (Å²) in [5.74, 6) is 0.504. The highest BCUT2D eigenvalue weighted by Crippen LogP contribution is 2.33. The zero-order valence-corrected chi connectivity index (χ0v) is 13.1. The predicted octanol–water partition coefficient (Wildman–Crippen LogP) is -0.0853. The number of nitrogens with zero attached hydrogens (tertiary/aromatic N) is 1. The molecule has 1 heterocycles. The van der Waals surface area contributed by atoms with Crippen molar-refractivity contribution in [3.05, 3.63) is 0 Å². The third-order valence-corrected chi connectivity index (χ3v) is 6.23. The van der Waals surface area contributed by atoms with Crippen LogP contribution in [0.15, 0.2) is 0 Å². The number of fused-ring (bicyclic) bond motifs is 1. The summed E-state index contributed by atoms with van der Waals surface area (Å²) in [5, 5.41) is 6.13. The molecule has 0 aromatic rings. The molecule has 1 saturated carbocycles. The lowest BCUT2D eigenvalue weighted by Crippen LogP contribution is -2.44. The van der Waals surface area contributed by atoms with Gasteiger partial charge in [-0.15, -0.1) is 0 Å². The Labute approximate surface area is 121 Å². The number of nitrogens with one attached hydrogen (secondary N) is 2. The number of carbonyl (C=O) groups excluding carboxylic acids is 1. The summed E-state index contributed by atoms with van der Waals surface area (Å²) in [4.78, 5) is 12.1. The van der Waals surface area contributed by atoms with E-state index in [1.165, 1.54) is 37.7 Å². The van der Waals surface area contributed by atoms with Crippen LogP contribution in [0.5, 0.6) is 0 Å². The molecule has 2 N–H and O–H groups in total. The molecule has 1 saturated heterocycles. The molecule has 0 bridgehead atoms. The number of carbonyl (C=O) groups is 1. The lowest BCUT2D eigenvalue weighted by molar-refractivity contribution is -0.122. The zero-order valence-electron chi connectivity index (χ0n) is 12.3. The van der Waals surface area contributed by atoms with Crippen molar-refractivity contribution in [2.24, 2.45) is 5.92 Å². The van der Waals surface area contributed by atoms with Crippen molar-refractivity contribution < 1.29 is 13.2 Å². The lowest BCUT2D eigenvalue weighted by atomic mass is 9.85. The molecular weight excluding hydrogens is 278 g/mol. The summed E-state index contributed by atoms with van der Waals surface area (Å²) in [6.45, 7) is 0.173. The van der Waals surface area contributed by atoms with Crippen LogP contribution in [0.4, 0.5) is 0 Å². The molecule has 1 aliphatic heterocycles. The number of amides is 1. The fourth-order valence-electron chi connectivity index (χ4n) is 3.13. The Hall–Kier alpha value is -0.660. The van der Waals surface area contributed by atoms with Crippen LogP contribution in [0.2, 0.25) is 0 Å². The SMILES string of the molecule is CN(C)S(=O)(=O)CCNC(=O)C1CC2CCCCC2N1. The maximum Gasteiger partial charge on any atom is 0.237 e. The second-order valence-corrected chi connectivity index (χ2v) is 8.30. The van der Waals surface area contributed by atoms with E-state index < -0.39 is 10.0 Å². The minimum atomic E-state index is -3.24. The van der Waals surface area contributed by atoms with Crippen LogP contribution in [-0.2, 0) is 14.8 Å². The minimum Gasteiger partial charge on any atom is -0.354 e. The van der Waals surface area contributed by atoms with E-state index >= 15 is 0 Å². The van der Waals surface area contributed by atoms with Gasteiger partial charge in [-0.2, -0.15) is 0 Å². The van der Waals surface area contributed by atoms with E-state index in [9.17, 15) is 13.2 Å². The Kier molecular flexibility index (Phi) is 5.04. The standard InChI is InChI=1S/C13H25N3O3S/c1-16(2)20(18,19)8-7-14-13(17)12-9-10-5-3-4-6-11(10)15-12/h10-12,15H,3-9H2,1-2H3,(H,14,17). The molecule has 2 fully saturated rings. The summed E-state index contributed by atoms with van der Waals surface area (Å²) in [5.41, 5.74) is 0. The molecule has 7 heteroatoms. The first kappa shape index (κ1) is 15.7. The minimum absolute atomic E-state index is 0.0503. The van der Waals surface area contributed by atoms with Crippen LogP contribution >= 0.6 is 0 Å². The van der Waals surface area contributed by atoms with Gasteiger partial charge in [0.2, 0.25) is 15.9 Å². The smallest absolute Gasteiger partial charge is 0.237 e. The maximum atomic E-state index is 12.1. The van der Waals surface area contributed by atoms with Crippen molar-refractivity contribution in [3.8, 4) is 0 Å². The van der Waals surface area contributed by atoms with Gasteiger partial charge in [-0.1, -0.05) is 12.8 Å². The Morgan fingerprint density at radius 1 is 1.30 bits per heavy atom. The van der Waals surface area contributed by atoms with Crippen LogP contribution in [-0.4, -0.2) is 57.1 Å². The summed E-state index contributed by atoms with van der Waals surface area (Å²) in [6, 6.07) is 0.329. The van der Waals surface area contributed by atoms with Gasteiger partial charge >= 0.3 is 0 Å². The Bertz CT molecular complexity index is 436. The van der Waals surface area contributed by atoms with E-state index in [1.54, 1.807) is 0 Å². The molecule has 3 atom stereocenters. The van der Waals surface area contributed by atoms with Gasteiger partial charge in [0.15, 0.2) is 0 Å². The first-order valence-corrected chi connectivity index (χ1v) is 8.95. The van der Waals surface area contributed by atoms with Crippen molar-refractivity contribution in [2.45, 2.75) is 44.2 Å². The fraction of sp³-hybridized carbons (Fsp3) is 0.923. The Morgan fingerprint density at radius 2 is 2.00 bits per heavy atom. The van der Waals surface area contributed by atoms with Gasteiger partial charge in [-0.3, -0.25) is 4.79 Å². The molecule has 1 amide bonds. The Balaban J connectivity index is 1.76. The van der Waals surface area contributed by atoms with Crippen molar-refractivity contribution in [1.82, 2.24) is 14.9 Å². The summed E-state index contributed by atoms with van der Waals surface area (Å²) >= 11 is 0. The number of hydrogen-bond acceptors (Lipinski definition) is 4. The van der Waals surface area contributed by atoms with E-state index in [4.69, 9.17) is 0 Å². The molecule has 2 aliphatic rings. The average molecular weight is 303 g/mol. The van der Waals surface area contributed by atoms with Gasteiger partial charge in [0.05, 0.1) is 11.8 Å². The molecular formula is C13H25N3O3S. The van der Waals surface area contributed by atoms with E-state index in [-0.39, 0.29) is 24.2 Å². The number of hydrogen-bond donors (Lipinski definition) is 2. The monoisotopic (exact) mass is 303 g/mol. The molecule has 2 rings (SSSR count). The topological polar surface area (TPSA) is 78.5 Å². The third-order valence-electron chi connectivity index (χ3n) is 4.39. The summed E-state index contributed by atoms with van der Waals surface area (Å²) < 4.78 is 24.4. The number of sulfonamides is 1.